The number of rotatable bonds is 6. The molecule has 1 atom stereocenters. The van der Waals surface area contributed by atoms with Gasteiger partial charge in [-0.3, -0.25) is 0 Å². The fraction of sp³-hybridized carbons (Fsp3) is 0.545. The van der Waals surface area contributed by atoms with Gasteiger partial charge in [0.15, 0.2) is 0 Å². The Bertz CT molecular complexity index is 533. The summed E-state index contributed by atoms with van der Waals surface area (Å²) in [6.07, 6.45) is 0.881. The summed E-state index contributed by atoms with van der Waals surface area (Å²) in [4.78, 5) is 10.9. The van der Waals surface area contributed by atoms with Crippen LogP contribution in [0.4, 0.5) is 0 Å². The Morgan fingerprint density at radius 3 is 2.61 bits per heavy atom. The molecular formula is C11H17NO4S2. The average Bonchev–Trinajstić information content (AvgIpc) is 2.69. The molecule has 0 fully saturated rings. The van der Waals surface area contributed by atoms with Crippen LogP contribution in [0.15, 0.2) is 10.3 Å². The molecule has 0 saturated heterocycles. The van der Waals surface area contributed by atoms with Crippen LogP contribution in [0.3, 0.4) is 0 Å². The molecule has 102 valence electrons. The van der Waals surface area contributed by atoms with Crippen LogP contribution in [0.2, 0.25) is 0 Å². The Hall–Kier alpha value is -0.920. The Labute approximate surface area is 111 Å². The van der Waals surface area contributed by atoms with Crippen LogP contribution in [-0.4, -0.2) is 26.0 Å². The van der Waals surface area contributed by atoms with E-state index in [1.54, 1.807) is 6.92 Å². The topological polar surface area (TPSA) is 83.5 Å². The van der Waals surface area contributed by atoms with E-state index in [9.17, 15) is 13.2 Å². The van der Waals surface area contributed by atoms with Gasteiger partial charge in [0.25, 0.3) is 0 Å². The summed E-state index contributed by atoms with van der Waals surface area (Å²) in [6, 6.07) is 1.40. The second-order valence-electron chi connectivity index (χ2n) is 4.25. The van der Waals surface area contributed by atoms with Crippen molar-refractivity contribution in [3.05, 3.63) is 16.5 Å². The molecule has 5 nitrogen and oxygen atoms in total. The lowest BCUT2D eigenvalue weighted by molar-refractivity contribution is 0.0701. The summed E-state index contributed by atoms with van der Waals surface area (Å²) in [5.74, 6) is -0.847. The number of carboxylic acids is 1. The SMILES string of the molecule is CCC(C)CNS(=O)(=O)c1cc(C)c(C(=O)O)s1. The van der Waals surface area contributed by atoms with Crippen LogP contribution in [0, 0.1) is 12.8 Å². The lowest BCUT2D eigenvalue weighted by Crippen LogP contribution is -2.27. The van der Waals surface area contributed by atoms with Gasteiger partial charge in [-0.25, -0.2) is 17.9 Å². The van der Waals surface area contributed by atoms with E-state index in [1.165, 1.54) is 6.07 Å². The van der Waals surface area contributed by atoms with Crippen molar-refractivity contribution in [1.29, 1.82) is 0 Å². The highest BCUT2D eigenvalue weighted by molar-refractivity contribution is 7.91. The fourth-order valence-corrected chi connectivity index (χ4v) is 3.85. The summed E-state index contributed by atoms with van der Waals surface area (Å²) in [5, 5.41) is 8.90. The zero-order valence-corrected chi connectivity index (χ0v) is 12.2. The molecule has 1 aromatic rings. The summed E-state index contributed by atoms with van der Waals surface area (Å²) < 4.78 is 26.4. The van der Waals surface area contributed by atoms with Crippen molar-refractivity contribution in [3.63, 3.8) is 0 Å². The molecule has 1 heterocycles. The number of thiophene rings is 1. The minimum atomic E-state index is -3.60. The van der Waals surface area contributed by atoms with Gasteiger partial charge in [-0.2, -0.15) is 0 Å². The van der Waals surface area contributed by atoms with Crippen molar-refractivity contribution in [2.75, 3.05) is 6.54 Å². The third-order valence-corrected chi connectivity index (χ3v) is 5.80. The maximum atomic E-state index is 11.9. The van der Waals surface area contributed by atoms with Crippen molar-refractivity contribution in [3.8, 4) is 0 Å². The van der Waals surface area contributed by atoms with Crippen molar-refractivity contribution in [2.45, 2.75) is 31.4 Å². The Morgan fingerprint density at radius 2 is 2.17 bits per heavy atom. The van der Waals surface area contributed by atoms with Crippen LogP contribution >= 0.6 is 11.3 Å². The van der Waals surface area contributed by atoms with Crippen LogP contribution in [0.5, 0.6) is 0 Å². The number of aromatic carboxylic acids is 1. The molecule has 18 heavy (non-hydrogen) atoms. The first-order valence-corrected chi connectivity index (χ1v) is 7.91. The van der Waals surface area contributed by atoms with Crippen LogP contribution in [-0.2, 0) is 10.0 Å². The van der Waals surface area contributed by atoms with Crippen molar-refractivity contribution in [1.82, 2.24) is 4.72 Å². The van der Waals surface area contributed by atoms with E-state index in [-0.39, 0.29) is 15.0 Å². The van der Waals surface area contributed by atoms with Gasteiger partial charge < -0.3 is 5.11 Å². The van der Waals surface area contributed by atoms with E-state index in [4.69, 9.17) is 5.11 Å². The van der Waals surface area contributed by atoms with Crippen molar-refractivity contribution in [2.24, 2.45) is 5.92 Å². The van der Waals surface area contributed by atoms with E-state index >= 15 is 0 Å². The maximum absolute atomic E-state index is 11.9. The molecule has 0 amide bonds. The second kappa shape index (κ2) is 5.81. The predicted octanol–water partition coefficient (Wildman–Crippen LogP) is 2.08. The summed E-state index contributed by atoms with van der Waals surface area (Å²) in [6.45, 7) is 5.88. The van der Waals surface area contributed by atoms with Crippen LogP contribution in [0.25, 0.3) is 0 Å². The molecule has 0 spiro atoms. The van der Waals surface area contributed by atoms with Crippen LogP contribution < -0.4 is 4.72 Å². The van der Waals surface area contributed by atoms with E-state index in [2.05, 4.69) is 4.72 Å². The zero-order chi connectivity index (χ0) is 13.9. The number of nitrogens with one attached hydrogen (secondary N) is 1. The van der Waals surface area contributed by atoms with Crippen LogP contribution in [0.1, 0.15) is 35.5 Å². The van der Waals surface area contributed by atoms with Crippen molar-refractivity contribution < 1.29 is 18.3 Å². The highest BCUT2D eigenvalue weighted by Gasteiger charge is 2.21. The first kappa shape index (κ1) is 15.1. The van der Waals surface area contributed by atoms with E-state index in [0.29, 0.717) is 12.1 Å². The molecule has 0 aliphatic rings. The molecule has 0 aliphatic heterocycles. The molecule has 0 aliphatic carbocycles. The number of carbonyl (C=O) groups is 1. The van der Waals surface area contributed by atoms with E-state index < -0.39 is 16.0 Å². The molecule has 0 saturated carbocycles. The lowest BCUT2D eigenvalue weighted by atomic mass is 10.1. The molecule has 1 rings (SSSR count). The van der Waals surface area contributed by atoms with Gasteiger partial charge in [-0.05, 0) is 24.5 Å². The van der Waals surface area contributed by atoms with E-state index in [1.807, 2.05) is 13.8 Å². The quantitative estimate of drug-likeness (QED) is 0.840. The molecule has 1 unspecified atom stereocenters. The average molecular weight is 291 g/mol. The Balaban J connectivity index is 2.92. The molecule has 7 heteroatoms. The number of sulfonamides is 1. The van der Waals surface area contributed by atoms with Gasteiger partial charge >= 0.3 is 5.97 Å². The number of hydrogen-bond donors (Lipinski definition) is 2. The van der Waals surface area contributed by atoms with Crippen molar-refractivity contribution >= 4 is 27.3 Å². The largest absolute Gasteiger partial charge is 0.477 e. The number of carboxylic acid groups (broad SMARTS) is 1. The first-order valence-electron chi connectivity index (χ1n) is 5.61. The Kier molecular flexibility index (Phi) is 4.89. The standard InChI is InChI=1S/C11H17NO4S2/c1-4-7(2)6-12-18(15,16)9-5-8(3)10(17-9)11(13)14/h5,7,12H,4,6H2,1-3H3,(H,13,14). The minimum Gasteiger partial charge on any atom is -0.477 e. The molecule has 2 N–H and O–H groups in total. The van der Waals surface area contributed by atoms with E-state index in [0.717, 1.165) is 17.8 Å². The zero-order valence-electron chi connectivity index (χ0n) is 10.6. The minimum absolute atomic E-state index is 0.0562. The first-order chi connectivity index (χ1) is 8.27. The summed E-state index contributed by atoms with van der Waals surface area (Å²) >= 11 is 0.784. The molecule has 0 radical (unpaired) electrons. The maximum Gasteiger partial charge on any atom is 0.346 e. The summed E-state index contributed by atoms with van der Waals surface area (Å²) in [7, 11) is -3.60. The molecular weight excluding hydrogens is 274 g/mol. The highest BCUT2D eigenvalue weighted by Crippen LogP contribution is 2.25. The lowest BCUT2D eigenvalue weighted by Gasteiger charge is -2.09. The third-order valence-electron chi connectivity index (χ3n) is 2.67. The van der Waals surface area contributed by atoms with Gasteiger partial charge in [0, 0.05) is 6.54 Å². The monoisotopic (exact) mass is 291 g/mol. The van der Waals surface area contributed by atoms with Gasteiger partial charge in [0.1, 0.15) is 9.09 Å². The fourth-order valence-electron chi connectivity index (χ4n) is 1.27. The smallest absolute Gasteiger partial charge is 0.346 e. The summed E-state index contributed by atoms with van der Waals surface area (Å²) in [5.41, 5.74) is 0.469. The van der Waals surface area contributed by atoms with Gasteiger partial charge in [-0.15, -0.1) is 11.3 Å². The van der Waals surface area contributed by atoms with Gasteiger partial charge in [0.05, 0.1) is 0 Å². The second-order valence-corrected chi connectivity index (χ2v) is 7.29. The Morgan fingerprint density at radius 1 is 1.56 bits per heavy atom. The number of hydrogen-bond acceptors (Lipinski definition) is 4. The molecule has 0 aromatic carbocycles. The molecule has 1 aromatic heterocycles. The highest BCUT2D eigenvalue weighted by atomic mass is 32.2. The van der Waals surface area contributed by atoms with Gasteiger partial charge in [0.2, 0.25) is 10.0 Å². The van der Waals surface area contributed by atoms with Gasteiger partial charge in [-0.1, -0.05) is 20.3 Å². The third kappa shape index (κ3) is 3.54. The predicted molar refractivity (Wildman–Crippen MR) is 70.7 cm³/mol. The number of aryl methyl sites for hydroxylation is 1. The molecule has 0 bridgehead atoms. The normalized spacial score (nSPS) is 13.5.